The third kappa shape index (κ3) is 14.1. The van der Waals surface area contributed by atoms with E-state index in [1.54, 1.807) is 13.8 Å². The molecule has 2 aromatic rings. The van der Waals surface area contributed by atoms with E-state index in [1.807, 2.05) is 0 Å². The fourth-order valence-corrected chi connectivity index (χ4v) is 5.92. The molecule has 8 amide bonds. The van der Waals surface area contributed by atoms with Crippen molar-refractivity contribution in [3.05, 3.63) is 51.9 Å². The third-order valence-corrected chi connectivity index (χ3v) is 8.75. The van der Waals surface area contributed by atoms with Gasteiger partial charge >= 0.3 is 18.3 Å². The molecule has 2 heterocycles. The van der Waals surface area contributed by atoms with Crippen LogP contribution in [0.2, 0.25) is 0 Å². The Morgan fingerprint density at radius 3 is 2.22 bits per heavy atom. The third-order valence-electron chi connectivity index (χ3n) is 7.80. The van der Waals surface area contributed by atoms with Gasteiger partial charge in [0.05, 0.1) is 4.88 Å². The Labute approximate surface area is 316 Å². The second-order valence-corrected chi connectivity index (χ2v) is 13.5. The van der Waals surface area contributed by atoms with Crippen LogP contribution in [0.3, 0.4) is 0 Å². The minimum Gasteiger partial charge on any atom is -0.444 e. The number of nitrogens with one attached hydrogen (secondary N) is 5. The minimum atomic E-state index is -5.01. The van der Waals surface area contributed by atoms with Gasteiger partial charge in [-0.1, -0.05) is 31.6 Å². The second-order valence-electron chi connectivity index (χ2n) is 12.4. The van der Waals surface area contributed by atoms with E-state index >= 15 is 0 Å². The van der Waals surface area contributed by atoms with E-state index in [1.165, 1.54) is 36.4 Å². The van der Waals surface area contributed by atoms with Crippen LogP contribution in [0.1, 0.15) is 62.9 Å². The summed E-state index contributed by atoms with van der Waals surface area (Å²) in [5.74, 6) is -3.49. The molecule has 22 heteroatoms. The zero-order valence-corrected chi connectivity index (χ0v) is 30.5. The summed E-state index contributed by atoms with van der Waals surface area (Å²) in [7, 11) is 0. The summed E-state index contributed by atoms with van der Waals surface area (Å²) in [6.45, 7) is 2.60. The first-order valence-corrected chi connectivity index (χ1v) is 17.7. The van der Waals surface area contributed by atoms with E-state index in [0.717, 1.165) is 4.90 Å². The molecule has 55 heavy (non-hydrogen) atoms. The highest BCUT2D eigenvalue weighted by Crippen LogP contribution is 2.36. The number of ether oxygens (including phenoxy) is 1. The quantitative estimate of drug-likeness (QED) is 0.0642. The fourth-order valence-electron chi connectivity index (χ4n) is 5.02. The van der Waals surface area contributed by atoms with E-state index < -0.39 is 88.1 Å². The molecule has 1 aromatic heterocycles. The lowest BCUT2D eigenvalue weighted by atomic mass is 10.0. The molecule has 3 rings (SSSR count). The predicted molar refractivity (Wildman–Crippen MR) is 191 cm³/mol. The fraction of sp³-hybridized carbons (Fsp3) is 0.455. The first kappa shape index (κ1) is 43.5. The number of carbonyl (C=O) groups excluding carboxylic acids is 7. The normalized spacial score (nSPS) is 13.6. The molecule has 1 aliphatic rings. The van der Waals surface area contributed by atoms with Crippen molar-refractivity contribution in [3.8, 4) is 0 Å². The van der Waals surface area contributed by atoms with Gasteiger partial charge in [0.2, 0.25) is 17.7 Å². The van der Waals surface area contributed by atoms with Gasteiger partial charge in [-0.2, -0.15) is 13.2 Å². The van der Waals surface area contributed by atoms with Gasteiger partial charge in [-0.15, -0.1) is 4.91 Å². The highest BCUT2D eigenvalue weighted by atomic mass is 32.1. The number of thiazole rings is 1. The molecule has 7 N–H and O–H groups in total. The Bertz CT molecular complexity index is 1750. The number of nitrogens with two attached hydrogens (primary N) is 1. The Kier molecular flexibility index (Phi) is 16.2. The van der Waals surface area contributed by atoms with Crippen LogP contribution < -0.4 is 32.3 Å². The van der Waals surface area contributed by atoms with Crippen molar-refractivity contribution < 1.29 is 51.5 Å². The molecule has 1 aliphatic heterocycles. The van der Waals surface area contributed by atoms with Crippen LogP contribution in [0.25, 0.3) is 0 Å². The Morgan fingerprint density at radius 1 is 0.945 bits per heavy atom. The lowest BCUT2D eigenvalue weighted by Gasteiger charge is -2.25. The number of alkyl halides is 3. The minimum absolute atomic E-state index is 0.00688. The molecular weight excluding hydrogens is 755 g/mol. The standard InChI is InChI=1S/C33H40F3N9O9S/c1-18(2)26(41-23(46)8-4-3-5-16-45-24(47)13-14-25(45)48)29(50)40-21(7-6-15-38-30(37)51)28(49)43-31-42-27(33(34,35)36)22(55-31)17-54-32(52)39-19-9-11-20(44-53)12-10-19/h9-14,18,21,26H,3-8,15-17H2,1-2H3,(H,39,52)(H,40,50)(H,41,46)(H3,37,38,51)(H,42,43,49)/t21-,26-/m1/s1. The van der Waals surface area contributed by atoms with Crippen molar-refractivity contribution in [2.45, 2.75) is 77.2 Å². The van der Waals surface area contributed by atoms with Crippen molar-refractivity contribution >= 4 is 69.5 Å². The molecule has 0 radical (unpaired) electrons. The van der Waals surface area contributed by atoms with E-state index in [0.29, 0.717) is 30.6 Å². The highest BCUT2D eigenvalue weighted by Gasteiger charge is 2.38. The summed E-state index contributed by atoms with van der Waals surface area (Å²) >= 11 is 0.377. The number of imide groups is 1. The van der Waals surface area contributed by atoms with Crippen LogP contribution in [0.15, 0.2) is 41.6 Å². The largest absolute Gasteiger partial charge is 0.444 e. The Morgan fingerprint density at radius 2 is 1.62 bits per heavy atom. The lowest BCUT2D eigenvalue weighted by molar-refractivity contribution is -0.142. The molecule has 0 fully saturated rings. The smallest absolute Gasteiger partial charge is 0.434 e. The molecule has 0 unspecified atom stereocenters. The number of urea groups is 1. The maximum atomic E-state index is 13.9. The SMILES string of the molecule is CC(C)[C@@H](NC(=O)CCCCCN1C(=O)C=CC1=O)C(=O)N[C@H](CCCNC(N)=O)C(=O)Nc1nc(C(F)(F)F)c(COC(=O)Nc2ccc(N=O)cc2)s1. The maximum Gasteiger partial charge on any atom is 0.434 e. The monoisotopic (exact) mass is 795 g/mol. The van der Waals surface area contributed by atoms with Crippen molar-refractivity contribution in [1.29, 1.82) is 0 Å². The topological polar surface area (TPSA) is 260 Å². The molecular formula is C33H40F3N9O9S. The number of halogens is 3. The summed E-state index contributed by atoms with van der Waals surface area (Å²) in [6, 6.07) is 1.89. The van der Waals surface area contributed by atoms with E-state index in [-0.39, 0.29) is 43.7 Å². The number of hydrogen-bond acceptors (Lipinski definition) is 12. The summed E-state index contributed by atoms with van der Waals surface area (Å²) in [4.78, 5) is 101. The molecule has 2 atom stereocenters. The molecule has 0 saturated heterocycles. The number of unbranched alkanes of at least 4 members (excludes halogenated alkanes) is 2. The number of anilines is 2. The number of nitrogens with zero attached hydrogens (tertiary/aromatic N) is 3. The summed E-state index contributed by atoms with van der Waals surface area (Å²) in [6.07, 6.45) is -2.41. The number of primary amides is 1. The molecule has 0 aliphatic carbocycles. The van der Waals surface area contributed by atoms with Crippen molar-refractivity contribution in [1.82, 2.24) is 25.8 Å². The number of benzene rings is 1. The van der Waals surface area contributed by atoms with Crippen LogP contribution in [0.4, 0.5) is 39.3 Å². The maximum absolute atomic E-state index is 13.9. The van der Waals surface area contributed by atoms with E-state index in [9.17, 15) is 51.6 Å². The van der Waals surface area contributed by atoms with Crippen molar-refractivity contribution in [3.63, 3.8) is 0 Å². The van der Waals surface area contributed by atoms with Crippen molar-refractivity contribution in [2.24, 2.45) is 16.8 Å². The average molecular weight is 796 g/mol. The van der Waals surface area contributed by atoms with Gasteiger partial charge in [0.1, 0.15) is 24.4 Å². The van der Waals surface area contributed by atoms with Gasteiger partial charge in [-0.05, 0) is 61.0 Å². The number of amides is 8. The van der Waals surface area contributed by atoms with Gasteiger partial charge in [0, 0.05) is 37.3 Å². The van der Waals surface area contributed by atoms with Gasteiger partial charge < -0.3 is 31.7 Å². The van der Waals surface area contributed by atoms with Crippen LogP contribution in [-0.2, 0) is 41.5 Å². The molecule has 298 valence electrons. The molecule has 0 saturated carbocycles. The van der Waals surface area contributed by atoms with Gasteiger partial charge in [-0.25, -0.2) is 14.6 Å². The van der Waals surface area contributed by atoms with Crippen molar-refractivity contribution in [2.75, 3.05) is 23.7 Å². The van der Waals surface area contributed by atoms with Gasteiger partial charge in [0.15, 0.2) is 10.8 Å². The van der Waals surface area contributed by atoms with Crippen LogP contribution in [0, 0.1) is 10.8 Å². The summed E-state index contributed by atoms with van der Waals surface area (Å²) in [5.41, 5.74) is 3.91. The summed E-state index contributed by atoms with van der Waals surface area (Å²) < 4.78 is 46.6. The Balaban J connectivity index is 1.64. The van der Waals surface area contributed by atoms with Crippen LogP contribution in [-0.4, -0.2) is 76.7 Å². The summed E-state index contributed by atoms with van der Waals surface area (Å²) in [5, 5.41) is 14.2. The Hall–Kier alpha value is -5.93. The highest BCUT2D eigenvalue weighted by molar-refractivity contribution is 7.15. The lowest BCUT2D eigenvalue weighted by Crippen LogP contribution is -2.54. The molecule has 1 aromatic carbocycles. The van der Waals surface area contributed by atoms with Crippen LogP contribution in [0.5, 0.6) is 0 Å². The zero-order chi connectivity index (χ0) is 40.7. The van der Waals surface area contributed by atoms with Gasteiger partial charge in [0.25, 0.3) is 11.8 Å². The first-order chi connectivity index (χ1) is 26.0. The molecule has 0 bridgehead atoms. The number of aromatic nitrogens is 1. The number of nitroso groups, excluding NO2 is 1. The van der Waals surface area contributed by atoms with E-state index in [2.05, 4.69) is 36.7 Å². The molecule has 0 spiro atoms. The molecule has 18 nitrogen and oxygen atoms in total. The first-order valence-electron chi connectivity index (χ1n) is 16.9. The zero-order valence-electron chi connectivity index (χ0n) is 29.7. The number of carbonyl (C=O) groups is 7. The predicted octanol–water partition coefficient (Wildman–Crippen LogP) is 3.81. The number of rotatable bonds is 20. The van der Waals surface area contributed by atoms with Gasteiger partial charge in [-0.3, -0.25) is 34.2 Å². The average Bonchev–Trinajstić information content (AvgIpc) is 3.68. The van der Waals surface area contributed by atoms with E-state index in [4.69, 9.17) is 10.5 Å². The number of hydrogen-bond donors (Lipinski definition) is 6. The van der Waals surface area contributed by atoms with Crippen LogP contribution >= 0.6 is 11.3 Å². The second kappa shape index (κ2) is 20.5.